The Morgan fingerprint density at radius 2 is 2.04 bits per heavy atom. The minimum absolute atomic E-state index is 0.411. The average molecular weight is 368 g/mol. The van der Waals surface area contributed by atoms with Crippen molar-refractivity contribution in [2.45, 2.75) is 43.9 Å². The van der Waals surface area contributed by atoms with E-state index in [1.807, 2.05) is 0 Å². The number of nitriles is 1. The number of ether oxygens (including phenoxy) is 1. The first-order valence-electron chi connectivity index (χ1n) is 9.28. The Bertz CT molecular complexity index is 854. The van der Waals surface area contributed by atoms with E-state index in [2.05, 4.69) is 31.1 Å². The van der Waals surface area contributed by atoms with Crippen LogP contribution in [-0.4, -0.2) is 39.9 Å². The number of anilines is 1. The molecule has 0 aromatic carbocycles. The van der Waals surface area contributed by atoms with Crippen LogP contribution in [-0.2, 0) is 0 Å². The Hall–Kier alpha value is -2.27. The van der Waals surface area contributed by atoms with Gasteiger partial charge in [0.25, 0.3) is 0 Å². The maximum Gasteiger partial charge on any atom is 0.235 e. The number of hydrogen-bond acceptors (Lipinski definition) is 8. The van der Waals surface area contributed by atoms with Crippen molar-refractivity contribution in [2.75, 3.05) is 24.6 Å². The minimum Gasteiger partial charge on any atom is -0.476 e. The third-order valence-corrected chi connectivity index (χ3v) is 6.35. The summed E-state index contributed by atoms with van der Waals surface area (Å²) in [5, 5.41) is 20.2. The van der Waals surface area contributed by atoms with Crippen LogP contribution >= 0.6 is 11.3 Å². The molecular weight excluding hydrogens is 348 g/mol. The Morgan fingerprint density at radius 1 is 1.19 bits per heavy atom. The van der Waals surface area contributed by atoms with E-state index in [9.17, 15) is 5.26 Å². The molecule has 3 aliphatic rings. The van der Waals surface area contributed by atoms with Crippen molar-refractivity contribution in [3.05, 3.63) is 22.6 Å². The topological polar surface area (TPSA) is 87.8 Å². The second kappa shape index (κ2) is 6.47. The molecule has 0 N–H and O–H groups in total. The van der Waals surface area contributed by atoms with Crippen LogP contribution in [0, 0.1) is 17.2 Å². The van der Waals surface area contributed by atoms with Crippen molar-refractivity contribution < 1.29 is 4.74 Å². The summed E-state index contributed by atoms with van der Waals surface area (Å²) < 4.78 is 5.94. The van der Waals surface area contributed by atoms with Gasteiger partial charge in [0.05, 0.1) is 12.8 Å². The predicted octanol–water partition coefficient (Wildman–Crippen LogP) is 2.86. The third-order valence-electron chi connectivity index (χ3n) is 5.20. The maximum absolute atomic E-state index is 9.27. The van der Waals surface area contributed by atoms with E-state index in [1.165, 1.54) is 17.8 Å². The van der Waals surface area contributed by atoms with Crippen LogP contribution in [0.25, 0.3) is 0 Å². The average Bonchev–Trinajstić information content (AvgIpc) is 3.60. The van der Waals surface area contributed by atoms with E-state index < -0.39 is 0 Å². The van der Waals surface area contributed by atoms with E-state index in [-0.39, 0.29) is 0 Å². The normalized spacial score (nSPS) is 22.4. The van der Waals surface area contributed by atoms with Gasteiger partial charge in [0, 0.05) is 30.8 Å². The molecule has 2 aliphatic carbocycles. The Labute approximate surface area is 156 Å². The molecule has 1 atom stereocenters. The van der Waals surface area contributed by atoms with Crippen LogP contribution in [0.2, 0.25) is 0 Å². The van der Waals surface area contributed by atoms with E-state index in [0.29, 0.717) is 35.8 Å². The van der Waals surface area contributed by atoms with Crippen LogP contribution < -0.4 is 9.64 Å². The summed E-state index contributed by atoms with van der Waals surface area (Å²) in [7, 11) is 0. The number of nitrogens with zero attached hydrogens (tertiary/aromatic N) is 6. The van der Waals surface area contributed by atoms with Crippen LogP contribution in [0.5, 0.6) is 5.88 Å². The van der Waals surface area contributed by atoms with Gasteiger partial charge in [-0.1, -0.05) is 11.3 Å². The Balaban J connectivity index is 1.21. The SMILES string of the molecule is N#Cc1cnc(C2CC2)nc1OCC1CCN(c2nnc(C3CC3)s2)C1. The van der Waals surface area contributed by atoms with Crippen LogP contribution in [0.3, 0.4) is 0 Å². The van der Waals surface area contributed by atoms with E-state index >= 15 is 0 Å². The van der Waals surface area contributed by atoms with Gasteiger partial charge in [-0.2, -0.15) is 10.2 Å². The molecule has 1 unspecified atom stereocenters. The van der Waals surface area contributed by atoms with E-state index in [1.54, 1.807) is 17.5 Å². The lowest BCUT2D eigenvalue weighted by Gasteiger charge is -2.15. The first-order chi connectivity index (χ1) is 12.8. The fourth-order valence-electron chi connectivity index (χ4n) is 3.29. The highest BCUT2D eigenvalue weighted by molar-refractivity contribution is 7.15. The summed E-state index contributed by atoms with van der Waals surface area (Å²) >= 11 is 1.73. The molecule has 3 heterocycles. The van der Waals surface area contributed by atoms with Gasteiger partial charge >= 0.3 is 0 Å². The zero-order chi connectivity index (χ0) is 17.5. The Kier molecular flexibility index (Phi) is 3.97. The first-order valence-corrected chi connectivity index (χ1v) is 10.1. The van der Waals surface area contributed by atoms with Crippen LogP contribution in [0.1, 0.15) is 60.3 Å². The molecule has 134 valence electrons. The fourth-order valence-corrected chi connectivity index (χ4v) is 4.34. The smallest absolute Gasteiger partial charge is 0.235 e. The molecule has 2 saturated carbocycles. The molecule has 7 nitrogen and oxygen atoms in total. The molecule has 2 aromatic rings. The van der Waals surface area contributed by atoms with E-state index in [4.69, 9.17) is 4.74 Å². The second-order valence-corrected chi connectivity index (χ2v) is 8.43. The van der Waals surface area contributed by atoms with Gasteiger partial charge in [-0.3, -0.25) is 0 Å². The van der Waals surface area contributed by atoms with Gasteiger partial charge < -0.3 is 9.64 Å². The summed E-state index contributed by atoms with van der Waals surface area (Å²) in [4.78, 5) is 11.1. The summed E-state index contributed by atoms with van der Waals surface area (Å²) in [6.45, 7) is 2.47. The van der Waals surface area contributed by atoms with Gasteiger partial charge in [-0.05, 0) is 32.1 Å². The largest absolute Gasteiger partial charge is 0.476 e. The highest BCUT2D eigenvalue weighted by Crippen LogP contribution is 2.43. The van der Waals surface area contributed by atoms with Crippen molar-refractivity contribution in [1.82, 2.24) is 20.2 Å². The van der Waals surface area contributed by atoms with Gasteiger partial charge in [-0.15, -0.1) is 10.2 Å². The van der Waals surface area contributed by atoms with Crippen molar-refractivity contribution in [2.24, 2.45) is 5.92 Å². The number of hydrogen-bond donors (Lipinski definition) is 0. The molecule has 26 heavy (non-hydrogen) atoms. The van der Waals surface area contributed by atoms with Gasteiger partial charge in [0.15, 0.2) is 0 Å². The molecule has 3 fully saturated rings. The highest BCUT2D eigenvalue weighted by Gasteiger charge is 2.31. The second-order valence-electron chi connectivity index (χ2n) is 7.44. The molecule has 0 amide bonds. The zero-order valence-electron chi connectivity index (χ0n) is 14.5. The molecule has 5 rings (SSSR count). The van der Waals surface area contributed by atoms with Gasteiger partial charge in [0.1, 0.15) is 22.5 Å². The highest BCUT2D eigenvalue weighted by atomic mass is 32.1. The van der Waals surface area contributed by atoms with E-state index in [0.717, 1.165) is 43.3 Å². The van der Waals surface area contributed by atoms with Gasteiger partial charge in [-0.25, -0.2) is 4.98 Å². The third kappa shape index (κ3) is 3.23. The molecular formula is C18H20N6OS. The van der Waals surface area contributed by atoms with Crippen molar-refractivity contribution in [3.8, 4) is 11.9 Å². The maximum atomic E-state index is 9.27. The van der Waals surface area contributed by atoms with Crippen LogP contribution in [0.15, 0.2) is 6.20 Å². The fraction of sp³-hybridized carbons (Fsp3) is 0.611. The summed E-state index contributed by atoms with van der Waals surface area (Å²) in [5.41, 5.74) is 0.419. The molecule has 1 aliphatic heterocycles. The monoisotopic (exact) mass is 368 g/mol. The Morgan fingerprint density at radius 3 is 2.81 bits per heavy atom. The quantitative estimate of drug-likeness (QED) is 0.774. The summed E-state index contributed by atoms with van der Waals surface area (Å²) in [5.74, 6) is 2.77. The molecule has 0 bridgehead atoms. The summed E-state index contributed by atoms with van der Waals surface area (Å²) in [6.07, 6.45) is 7.43. The lowest BCUT2D eigenvalue weighted by molar-refractivity contribution is 0.250. The van der Waals surface area contributed by atoms with Crippen molar-refractivity contribution >= 4 is 16.5 Å². The van der Waals surface area contributed by atoms with Gasteiger partial charge in [0.2, 0.25) is 11.0 Å². The van der Waals surface area contributed by atoms with Crippen molar-refractivity contribution in [3.63, 3.8) is 0 Å². The zero-order valence-corrected chi connectivity index (χ0v) is 15.3. The number of aromatic nitrogens is 4. The first kappa shape index (κ1) is 15.9. The standard InChI is InChI=1S/C18H20N6OS/c19-7-14-8-20-15(12-1-2-12)21-16(14)25-10-11-5-6-24(9-11)18-23-22-17(26-18)13-3-4-13/h8,11-13H,1-6,9-10H2. The molecule has 2 aromatic heterocycles. The van der Waals surface area contributed by atoms with Crippen LogP contribution in [0.4, 0.5) is 5.13 Å². The lowest BCUT2D eigenvalue weighted by atomic mass is 10.1. The van der Waals surface area contributed by atoms with Crippen molar-refractivity contribution in [1.29, 1.82) is 5.26 Å². The summed E-state index contributed by atoms with van der Waals surface area (Å²) in [6, 6.07) is 2.13. The molecule has 8 heteroatoms. The molecule has 1 saturated heterocycles. The number of rotatable bonds is 6. The minimum atomic E-state index is 0.411. The molecule has 0 radical (unpaired) electrons. The predicted molar refractivity (Wildman–Crippen MR) is 96.4 cm³/mol. The lowest BCUT2D eigenvalue weighted by Crippen LogP contribution is -2.22. The molecule has 0 spiro atoms.